The largest absolute Gasteiger partial charge is 0.481 e. The van der Waals surface area contributed by atoms with Crippen LogP contribution in [-0.4, -0.2) is 22.2 Å². The SMILES string of the molecule is CC(C)CCCCCC(CCCCCC(C)C)(CC(CCCCCCCCCCCC(=O)O)C(C)C)C(=O)O. The molecule has 0 heterocycles. The molecule has 0 spiro atoms. The highest BCUT2D eigenvalue weighted by Gasteiger charge is 2.39. The highest BCUT2D eigenvalue weighted by Crippen LogP contribution is 2.42. The summed E-state index contributed by atoms with van der Waals surface area (Å²) in [4.78, 5) is 23.5. The van der Waals surface area contributed by atoms with Gasteiger partial charge in [-0.25, -0.2) is 0 Å². The molecule has 0 aromatic heterocycles. The van der Waals surface area contributed by atoms with Gasteiger partial charge in [-0.05, 0) is 49.4 Å². The molecule has 1 unspecified atom stereocenters. The summed E-state index contributed by atoms with van der Waals surface area (Å²) in [7, 11) is 0. The molecule has 0 aliphatic carbocycles. The summed E-state index contributed by atoms with van der Waals surface area (Å²) in [6, 6.07) is 0. The van der Waals surface area contributed by atoms with Crippen LogP contribution in [0.5, 0.6) is 0 Å². The molecule has 0 rings (SSSR count). The average molecular weight is 553 g/mol. The van der Waals surface area contributed by atoms with Gasteiger partial charge < -0.3 is 10.2 Å². The molecular formula is C35H68O4. The summed E-state index contributed by atoms with van der Waals surface area (Å²) in [6.45, 7) is 13.7. The molecule has 0 aromatic rings. The van der Waals surface area contributed by atoms with Gasteiger partial charge in [0.05, 0.1) is 5.41 Å². The van der Waals surface area contributed by atoms with E-state index in [0.29, 0.717) is 18.3 Å². The summed E-state index contributed by atoms with van der Waals surface area (Å²) in [6.07, 6.45) is 23.8. The number of hydrogen-bond donors (Lipinski definition) is 2. The van der Waals surface area contributed by atoms with Crippen molar-refractivity contribution in [2.75, 3.05) is 0 Å². The molecule has 0 amide bonds. The standard InChI is InChI=1S/C35H68O4/c1-29(2)22-16-14-20-26-35(34(38)39,27-21-15-17-23-30(3)4)28-32(31(5)6)24-18-12-10-8-7-9-11-13-19-25-33(36)37/h29-32H,7-28H2,1-6H3,(H,36,37)(H,38,39). The van der Waals surface area contributed by atoms with Gasteiger partial charge in [0.2, 0.25) is 0 Å². The molecule has 39 heavy (non-hydrogen) atoms. The molecule has 0 radical (unpaired) electrons. The monoisotopic (exact) mass is 553 g/mol. The Balaban J connectivity index is 4.77. The summed E-state index contributed by atoms with van der Waals surface area (Å²) in [5.74, 6) is 1.24. The number of carbonyl (C=O) groups is 2. The lowest BCUT2D eigenvalue weighted by Gasteiger charge is -2.35. The second-order valence-corrected chi connectivity index (χ2v) is 13.9. The van der Waals surface area contributed by atoms with Crippen LogP contribution in [0, 0.1) is 29.1 Å². The molecule has 0 aliphatic rings. The Morgan fingerprint density at radius 2 is 0.923 bits per heavy atom. The molecule has 4 nitrogen and oxygen atoms in total. The zero-order valence-corrected chi connectivity index (χ0v) is 27.1. The van der Waals surface area contributed by atoms with Crippen LogP contribution < -0.4 is 0 Å². The van der Waals surface area contributed by atoms with E-state index in [9.17, 15) is 14.7 Å². The third-order valence-corrected chi connectivity index (χ3v) is 8.89. The van der Waals surface area contributed by atoms with Crippen LogP contribution in [0.2, 0.25) is 0 Å². The predicted octanol–water partition coefficient (Wildman–Crippen LogP) is 11.3. The number of hydrogen-bond acceptors (Lipinski definition) is 2. The quantitative estimate of drug-likeness (QED) is 0.0946. The van der Waals surface area contributed by atoms with Crippen LogP contribution in [0.3, 0.4) is 0 Å². The zero-order chi connectivity index (χ0) is 29.5. The summed E-state index contributed by atoms with van der Waals surface area (Å²) >= 11 is 0. The van der Waals surface area contributed by atoms with E-state index in [-0.39, 0.29) is 0 Å². The Morgan fingerprint density at radius 1 is 0.538 bits per heavy atom. The molecule has 0 fully saturated rings. The van der Waals surface area contributed by atoms with Crippen molar-refractivity contribution in [3.63, 3.8) is 0 Å². The topological polar surface area (TPSA) is 74.6 Å². The minimum atomic E-state index is -0.682. The van der Waals surface area contributed by atoms with E-state index in [4.69, 9.17) is 5.11 Å². The number of rotatable bonds is 28. The Bertz CT molecular complexity index is 577. The van der Waals surface area contributed by atoms with E-state index >= 15 is 0 Å². The molecule has 0 aliphatic heterocycles. The molecule has 2 N–H and O–H groups in total. The second kappa shape index (κ2) is 23.6. The van der Waals surface area contributed by atoms with Crippen molar-refractivity contribution in [3.05, 3.63) is 0 Å². The Kier molecular flexibility index (Phi) is 23.0. The van der Waals surface area contributed by atoms with Crippen molar-refractivity contribution >= 4 is 11.9 Å². The van der Waals surface area contributed by atoms with E-state index < -0.39 is 17.4 Å². The van der Waals surface area contributed by atoms with Crippen molar-refractivity contribution in [3.8, 4) is 0 Å². The maximum absolute atomic E-state index is 12.9. The summed E-state index contributed by atoms with van der Waals surface area (Å²) in [5.41, 5.74) is -0.550. The molecular weight excluding hydrogens is 484 g/mol. The predicted molar refractivity (Wildman–Crippen MR) is 167 cm³/mol. The first-order chi connectivity index (χ1) is 18.5. The fraction of sp³-hybridized carbons (Fsp3) is 0.943. The first-order valence-corrected chi connectivity index (χ1v) is 17.0. The van der Waals surface area contributed by atoms with Crippen LogP contribution in [0.4, 0.5) is 0 Å². The number of aliphatic carboxylic acids is 2. The maximum Gasteiger partial charge on any atom is 0.309 e. The first-order valence-electron chi connectivity index (χ1n) is 17.0. The molecule has 0 bridgehead atoms. The van der Waals surface area contributed by atoms with Gasteiger partial charge in [0.25, 0.3) is 0 Å². The average Bonchev–Trinajstić information content (AvgIpc) is 2.84. The number of carboxylic acid groups (broad SMARTS) is 2. The van der Waals surface area contributed by atoms with Gasteiger partial charge in [0, 0.05) is 6.42 Å². The molecule has 232 valence electrons. The van der Waals surface area contributed by atoms with Gasteiger partial charge in [-0.2, -0.15) is 0 Å². The van der Waals surface area contributed by atoms with E-state index in [1.165, 1.54) is 64.2 Å². The molecule has 0 saturated carbocycles. The Labute approximate surface area is 243 Å². The van der Waals surface area contributed by atoms with Crippen molar-refractivity contribution in [1.82, 2.24) is 0 Å². The number of carboxylic acids is 2. The number of unbranched alkanes of at least 4 members (excludes halogenated alkanes) is 12. The van der Waals surface area contributed by atoms with Crippen molar-refractivity contribution < 1.29 is 19.8 Å². The van der Waals surface area contributed by atoms with Gasteiger partial charge in [0.1, 0.15) is 0 Å². The van der Waals surface area contributed by atoms with E-state index in [2.05, 4.69) is 41.5 Å². The van der Waals surface area contributed by atoms with Crippen LogP contribution in [-0.2, 0) is 9.59 Å². The molecule has 0 saturated heterocycles. The van der Waals surface area contributed by atoms with Crippen LogP contribution in [0.15, 0.2) is 0 Å². The molecule has 0 aromatic carbocycles. The van der Waals surface area contributed by atoms with Crippen LogP contribution in [0.25, 0.3) is 0 Å². The normalized spacial score (nSPS) is 13.1. The second-order valence-electron chi connectivity index (χ2n) is 13.9. The lowest BCUT2D eigenvalue weighted by molar-refractivity contribution is -0.152. The highest BCUT2D eigenvalue weighted by atomic mass is 16.4. The third kappa shape index (κ3) is 21.4. The van der Waals surface area contributed by atoms with Crippen molar-refractivity contribution in [2.45, 2.75) is 183 Å². The fourth-order valence-corrected chi connectivity index (χ4v) is 6.11. The summed E-state index contributed by atoms with van der Waals surface area (Å²) < 4.78 is 0. The third-order valence-electron chi connectivity index (χ3n) is 8.89. The van der Waals surface area contributed by atoms with E-state index in [1.807, 2.05) is 0 Å². The van der Waals surface area contributed by atoms with Gasteiger partial charge in [-0.15, -0.1) is 0 Å². The van der Waals surface area contributed by atoms with Crippen molar-refractivity contribution in [2.24, 2.45) is 29.1 Å². The van der Waals surface area contributed by atoms with Gasteiger partial charge in [-0.3, -0.25) is 9.59 Å². The van der Waals surface area contributed by atoms with Gasteiger partial charge >= 0.3 is 11.9 Å². The fourth-order valence-electron chi connectivity index (χ4n) is 6.11. The minimum absolute atomic E-state index is 0.302. The van der Waals surface area contributed by atoms with Crippen LogP contribution in [0.1, 0.15) is 183 Å². The Morgan fingerprint density at radius 3 is 1.31 bits per heavy atom. The molecule has 1 atom stereocenters. The summed E-state index contributed by atoms with van der Waals surface area (Å²) in [5, 5.41) is 19.3. The zero-order valence-electron chi connectivity index (χ0n) is 27.1. The van der Waals surface area contributed by atoms with Gasteiger partial charge in [0.15, 0.2) is 0 Å². The lowest BCUT2D eigenvalue weighted by Crippen LogP contribution is -2.35. The smallest absolute Gasteiger partial charge is 0.309 e. The van der Waals surface area contributed by atoms with E-state index in [0.717, 1.165) is 82.5 Å². The highest BCUT2D eigenvalue weighted by molar-refractivity contribution is 5.74. The Hall–Kier alpha value is -1.06. The maximum atomic E-state index is 12.9. The van der Waals surface area contributed by atoms with Crippen LogP contribution >= 0.6 is 0 Å². The lowest BCUT2D eigenvalue weighted by atomic mass is 9.68. The molecule has 4 heteroatoms. The minimum Gasteiger partial charge on any atom is -0.481 e. The first kappa shape index (κ1) is 37.9. The van der Waals surface area contributed by atoms with Gasteiger partial charge in [-0.1, -0.05) is 151 Å². The van der Waals surface area contributed by atoms with E-state index in [1.54, 1.807) is 0 Å². The van der Waals surface area contributed by atoms with Crippen molar-refractivity contribution in [1.29, 1.82) is 0 Å².